The molecule has 5 heteroatoms. The number of imide groups is 1. The van der Waals surface area contributed by atoms with Crippen molar-refractivity contribution < 1.29 is 14.4 Å². The van der Waals surface area contributed by atoms with Crippen LogP contribution in [0, 0.1) is 5.92 Å². The van der Waals surface area contributed by atoms with E-state index in [1.165, 1.54) is 11.3 Å². The van der Waals surface area contributed by atoms with Gasteiger partial charge in [0.2, 0.25) is 17.7 Å². The van der Waals surface area contributed by atoms with E-state index in [2.05, 4.69) is 5.32 Å². The Labute approximate surface area is 101 Å². The normalized spacial score (nSPS) is 26.9. The number of hydrogen-bond donors (Lipinski definition) is 1. The molecule has 1 aliphatic heterocycles. The number of piperazine rings is 1. The summed E-state index contributed by atoms with van der Waals surface area (Å²) in [7, 11) is 0. The zero-order chi connectivity index (χ0) is 12.4. The van der Waals surface area contributed by atoms with E-state index in [0.29, 0.717) is 0 Å². The lowest BCUT2D eigenvalue weighted by Crippen LogP contribution is -2.59. The highest BCUT2D eigenvalue weighted by atomic mass is 16.2. The topological polar surface area (TPSA) is 66.5 Å². The summed E-state index contributed by atoms with van der Waals surface area (Å²) in [6.45, 7) is 1.69. The second kappa shape index (κ2) is 4.85. The Morgan fingerprint density at radius 1 is 1.24 bits per heavy atom. The first kappa shape index (κ1) is 12.1. The van der Waals surface area contributed by atoms with Crippen molar-refractivity contribution in [2.24, 2.45) is 5.92 Å². The second-order valence-electron chi connectivity index (χ2n) is 4.89. The third-order valence-corrected chi connectivity index (χ3v) is 3.66. The second-order valence-corrected chi connectivity index (χ2v) is 4.89. The predicted molar refractivity (Wildman–Crippen MR) is 60.9 cm³/mol. The first-order valence-corrected chi connectivity index (χ1v) is 6.24. The summed E-state index contributed by atoms with van der Waals surface area (Å²) in [6.07, 6.45) is 5.09. The average molecular weight is 238 g/mol. The number of rotatable bonds is 1. The van der Waals surface area contributed by atoms with E-state index in [4.69, 9.17) is 0 Å². The fraction of sp³-hybridized carbons (Fsp3) is 0.750. The molecular weight excluding hydrogens is 220 g/mol. The van der Waals surface area contributed by atoms with Crippen molar-refractivity contribution in [1.82, 2.24) is 10.2 Å². The van der Waals surface area contributed by atoms with Gasteiger partial charge in [0.25, 0.3) is 0 Å². The molecule has 0 bridgehead atoms. The first-order chi connectivity index (χ1) is 8.09. The first-order valence-electron chi connectivity index (χ1n) is 6.24. The quantitative estimate of drug-likeness (QED) is 0.674. The van der Waals surface area contributed by atoms with Gasteiger partial charge in [0.15, 0.2) is 0 Å². The summed E-state index contributed by atoms with van der Waals surface area (Å²) in [5.41, 5.74) is 0. The Kier molecular flexibility index (Phi) is 3.45. The van der Waals surface area contributed by atoms with Gasteiger partial charge in [-0.2, -0.15) is 0 Å². The Hall–Kier alpha value is -1.39. The molecular formula is C12H18N2O3. The van der Waals surface area contributed by atoms with Gasteiger partial charge in [-0.25, -0.2) is 0 Å². The van der Waals surface area contributed by atoms with E-state index in [0.717, 1.165) is 25.7 Å². The molecule has 5 nitrogen and oxygen atoms in total. The fourth-order valence-electron chi connectivity index (χ4n) is 2.57. The maximum Gasteiger partial charge on any atom is 0.249 e. The van der Waals surface area contributed by atoms with E-state index in [1.807, 2.05) is 0 Å². The summed E-state index contributed by atoms with van der Waals surface area (Å²) < 4.78 is 0. The molecule has 1 saturated heterocycles. The van der Waals surface area contributed by atoms with Crippen LogP contribution in [0.15, 0.2) is 0 Å². The molecule has 0 aromatic heterocycles. The predicted octanol–water partition coefficient (Wildman–Crippen LogP) is 0.440. The van der Waals surface area contributed by atoms with Crippen LogP contribution in [0.2, 0.25) is 0 Å². The molecule has 2 aliphatic rings. The Balaban J connectivity index is 2.06. The summed E-state index contributed by atoms with van der Waals surface area (Å²) >= 11 is 0. The lowest BCUT2D eigenvalue weighted by Gasteiger charge is -2.35. The molecule has 3 amide bonds. The smallest absolute Gasteiger partial charge is 0.249 e. The van der Waals surface area contributed by atoms with Gasteiger partial charge in [0.1, 0.15) is 12.6 Å². The zero-order valence-corrected chi connectivity index (χ0v) is 10.1. The van der Waals surface area contributed by atoms with Gasteiger partial charge < -0.3 is 4.90 Å². The molecule has 17 heavy (non-hydrogen) atoms. The van der Waals surface area contributed by atoms with Gasteiger partial charge in [-0.05, 0) is 19.8 Å². The minimum Gasteiger partial charge on any atom is -0.321 e. The minimum absolute atomic E-state index is 0.00454. The Morgan fingerprint density at radius 3 is 2.53 bits per heavy atom. The Bertz CT molecular complexity index is 348. The summed E-state index contributed by atoms with van der Waals surface area (Å²) in [5.74, 6) is -0.770. The van der Waals surface area contributed by atoms with Crippen LogP contribution in [0.1, 0.15) is 39.0 Å². The standard InChI is InChI=1S/C12H18N2O3/c1-8-11(16)13-10(15)7-14(8)12(17)9-5-3-2-4-6-9/h8-9H,2-7H2,1H3,(H,13,15,16). The fourth-order valence-corrected chi connectivity index (χ4v) is 2.57. The third-order valence-electron chi connectivity index (χ3n) is 3.66. The lowest BCUT2D eigenvalue weighted by molar-refractivity contribution is -0.152. The molecule has 1 unspecified atom stereocenters. The van der Waals surface area contributed by atoms with Crippen molar-refractivity contribution in [1.29, 1.82) is 0 Å². The molecule has 1 aliphatic carbocycles. The molecule has 1 heterocycles. The van der Waals surface area contributed by atoms with Crippen LogP contribution < -0.4 is 5.32 Å². The third kappa shape index (κ3) is 2.48. The molecule has 94 valence electrons. The van der Waals surface area contributed by atoms with Crippen LogP contribution in [0.4, 0.5) is 0 Å². The molecule has 0 radical (unpaired) electrons. The highest BCUT2D eigenvalue weighted by molar-refractivity contribution is 6.04. The van der Waals surface area contributed by atoms with Crippen LogP contribution in [0.3, 0.4) is 0 Å². The van der Waals surface area contributed by atoms with Crippen LogP contribution in [0.5, 0.6) is 0 Å². The molecule has 1 atom stereocenters. The number of amides is 3. The van der Waals surface area contributed by atoms with Gasteiger partial charge in [0.05, 0.1) is 0 Å². The minimum atomic E-state index is -0.526. The zero-order valence-electron chi connectivity index (χ0n) is 10.1. The molecule has 2 fully saturated rings. The Morgan fingerprint density at radius 2 is 1.88 bits per heavy atom. The molecule has 1 N–H and O–H groups in total. The summed E-state index contributed by atoms with van der Waals surface area (Å²) in [6, 6.07) is -0.526. The van der Waals surface area contributed by atoms with Gasteiger partial charge in [-0.15, -0.1) is 0 Å². The van der Waals surface area contributed by atoms with Crippen LogP contribution in [-0.2, 0) is 14.4 Å². The number of hydrogen-bond acceptors (Lipinski definition) is 3. The average Bonchev–Trinajstić information content (AvgIpc) is 2.34. The van der Waals surface area contributed by atoms with Gasteiger partial charge in [-0.1, -0.05) is 19.3 Å². The van der Waals surface area contributed by atoms with Crippen molar-refractivity contribution in [3.05, 3.63) is 0 Å². The molecule has 0 aromatic carbocycles. The van der Waals surface area contributed by atoms with Crippen LogP contribution >= 0.6 is 0 Å². The summed E-state index contributed by atoms with van der Waals surface area (Å²) in [5, 5.41) is 2.25. The van der Waals surface area contributed by atoms with Crippen molar-refractivity contribution in [2.75, 3.05) is 6.54 Å². The van der Waals surface area contributed by atoms with Gasteiger partial charge >= 0.3 is 0 Å². The SMILES string of the molecule is CC1C(=O)NC(=O)CN1C(=O)C1CCCCC1. The van der Waals surface area contributed by atoms with E-state index >= 15 is 0 Å². The van der Waals surface area contributed by atoms with Gasteiger partial charge in [0, 0.05) is 5.92 Å². The highest BCUT2D eigenvalue weighted by Crippen LogP contribution is 2.26. The van der Waals surface area contributed by atoms with Crippen molar-refractivity contribution in [2.45, 2.75) is 45.1 Å². The van der Waals surface area contributed by atoms with E-state index < -0.39 is 6.04 Å². The molecule has 0 spiro atoms. The largest absolute Gasteiger partial charge is 0.321 e. The maximum absolute atomic E-state index is 12.2. The monoisotopic (exact) mass is 238 g/mol. The van der Waals surface area contributed by atoms with E-state index in [-0.39, 0.29) is 30.2 Å². The van der Waals surface area contributed by atoms with Crippen molar-refractivity contribution >= 4 is 17.7 Å². The maximum atomic E-state index is 12.2. The summed E-state index contributed by atoms with van der Waals surface area (Å²) in [4.78, 5) is 36.4. The van der Waals surface area contributed by atoms with E-state index in [9.17, 15) is 14.4 Å². The highest BCUT2D eigenvalue weighted by Gasteiger charge is 2.36. The molecule has 1 saturated carbocycles. The number of nitrogens with one attached hydrogen (secondary N) is 1. The lowest BCUT2D eigenvalue weighted by atomic mass is 9.88. The number of nitrogens with zero attached hydrogens (tertiary/aromatic N) is 1. The number of carbonyl (C=O) groups excluding carboxylic acids is 3. The van der Waals surface area contributed by atoms with Crippen molar-refractivity contribution in [3.8, 4) is 0 Å². The van der Waals surface area contributed by atoms with Crippen molar-refractivity contribution in [3.63, 3.8) is 0 Å². The molecule has 2 rings (SSSR count). The molecule has 0 aromatic rings. The van der Waals surface area contributed by atoms with Gasteiger partial charge in [-0.3, -0.25) is 19.7 Å². The van der Waals surface area contributed by atoms with Crippen LogP contribution in [-0.4, -0.2) is 35.2 Å². The van der Waals surface area contributed by atoms with Crippen LogP contribution in [0.25, 0.3) is 0 Å². The number of carbonyl (C=O) groups is 3. The van der Waals surface area contributed by atoms with E-state index in [1.54, 1.807) is 6.92 Å².